The summed E-state index contributed by atoms with van der Waals surface area (Å²) in [6.45, 7) is 2.79. The third kappa shape index (κ3) is 3.82. The van der Waals surface area contributed by atoms with E-state index in [1.54, 1.807) is 24.3 Å². The minimum atomic E-state index is -0.481. The maximum atomic E-state index is 10.5. The summed E-state index contributed by atoms with van der Waals surface area (Å²) in [5, 5.41) is 21.0. The van der Waals surface area contributed by atoms with Crippen LogP contribution in [-0.4, -0.2) is 9.85 Å². The van der Waals surface area contributed by atoms with E-state index in [0.29, 0.717) is 11.1 Å². The molecule has 0 saturated carbocycles. The van der Waals surface area contributed by atoms with Crippen LogP contribution < -0.4 is 0 Å². The summed E-state index contributed by atoms with van der Waals surface area (Å²) in [4.78, 5) is 20.0. The van der Waals surface area contributed by atoms with E-state index in [1.165, 1.54) is 26.0 Å². The lowest BCUT2D eigenvalue weighted by Gasteiger charge is -1.97. The van der Waals surface area contributed by atoms with Crippen LogP contribution in [0.5, 0.6) is 0 Å². The van der Waals surface area contributed by atoms with Crippen molar-refractivity contribution in [3.8, 4) is 0 Å². The molecule has 0 saturated heterocycles. The number of nitrogens with zero attached hydrogens (tertiary/aromatic N) is 2. The van der Waals surface area contributed by atoms with Crippen LogP contribution in [0.2, 0.25) is 0 Å². The highest BCUT2D eigenvalue weighted by Crippen LogP contribution is 2.13. The van der Waals surface area contributed by atoms with Gasteiger partial charge < -0.3 is 0 Å². The summed E-state index contributed by atoms with van der Waals surface area (Å²) in [5.41, 5.74) is 1.30. The fourth-order valence-corrected chi connectivity index (χ4v) is 1.33. The molecule has 0 aliphatic rings. The van der Waals surface area contributed by atoms with Gasteiger partial charge in [0.25, 0.3) is 0 Å². The van der Waals surface area contributed by atoms with Crippen LogP contribution in [0.3, 0.4) is 0 Å². The Morgan fingerprint density at radius 3 is 1.72 bits per heavy atom. The maximum absolute atomic E-state index is 10.5. The molecular weight excluding hydrogens is 236 g/mol. The molecule has 0 bridgehead atoms. The molecule has 6 nitrogen and oxygen atoms in total. The standard InChI is InChI=1S/C12H12N2O4/c1-9(13(15)16)6-11-4-3-5-12(8-11)7-10(2)14(17)18/h3-8H,1-2H3/b9-6+,10-7+. The maximum Gasteiger partial charge on any atom is 0.243 e. The molecule has 0 amide bonds. The SMILES string of the molecule is C/C(=C\c1cccc(/C=C(\C)[N+](=O)[O-])c1)[N+](=O)[O-]. The molecule has 0 aliphatic carbocycles. The normalized spacial score (nSPS) is 12.3. The highest BCUT2D eigenvalue weighted by molar-refractivity contribution is 5.58. The lowest BCUT2D eigenvalue weighted by Crippen LogP contribution is -1.94. The zero-order valence-corrected chi connectivity index (χ0v) is 9.99. The summed E-state index contributed by atoms with van der Waals surface area (Å²) >= 11 is 0. The van der Waals surface area contributed by atoms with Crippen molar-refractivity contribution >= 4 is 12.2 Å². The second kappa shape index (κ2) is 5.72. The van der Waals surface area contributed by atoms with Crippen LogP contribution in [0.15, 0.2) is 35.7 Å². The van der Waals surface area contributed by atoms with Crippen molar-refractivity contribution in [3.63, 3.8) is 0 Å². The molecule has 0 spiro atoms. The number of benzene rings is 1. The largest absolute Gasteiger partial charge is 0.259 e. The molecular formula is C12H12N2O4. The van der Waals surface area contributed by atoms with E-state index in [9.17, 15) is 20.2 Å². The molecule has 6 heteroatoms. The highest BCUT2D eigenvalue weighted by atomic mass is 16.6. The molecule has 0 heterocycles. The van der Waals surface area contributed by atoms with Gasteiger partial charge in [-0.3, -0.25) is 20.2 Å². The van der Waals surface area contributed by atoms with Gasteiger partial charge in [-0.2, -0.15) is 0 Å². The molecule has 1 aromatic rings. The van der Waals surface area contributed by atoms with E-state index in [4.69, 9.17) is 0 Å². The van der Waals surface area contributed by atoms with E-state index < -0.39 is 9.85 Å². The van der Waals surface area contributed by atoms with Crippen molar-refractivity contribution in [1.82, 2.24) is 0 Å². The highest BCUT2D eigenvalue weighted by Gasteiger charge is 2.04. The number of rotatable bonds is 4. The monoisotopic (exact) mass is 248 g/mol. The lowest BCUT2D eigenvalue weighted by molar-refractivity contribution is -0.422. The Balaban J connectivity index is 3.07. The topological polar surface area (TPSA) is 86.3 Å². The van der Waals surface area contributed by atoms with Crippen LogP contribution in [0.25, 0.3) is 12.2 Å². The van der Waals surface area contributed by atoms with Crippen LogP contribution in [-0.2, 0) is 0 Å². The zero-order valence-electron chi connectivity index (χ0n) is 9.99. The number of hydrogen-bond donors (Lipinski definition) is 0. The summed E-state index contributed by atoms with van der Waals surface area (Å²) in [7, 11) is 0. The van der Waals surface area contributed by atoms with Crippen molar-refractivity contribution in [3.05, 3.63) is 67.0 Å². The molecule has 0 N–H and O–H groups in total. The van der Waals surface area contributed by atoms with Crippen molar-refractivity contribution in [1.29, 1.82) is 0 Å². The summed E-state index contributed by atoms with van der Waals surface area (Å²) in [5.74, 6) is 0. The first kappa shape index (κ1) is 13.6. The Morgan fingerprint density at radius 2 is 1.39 bits per heavy atom. The third-order valence-corrected chi connectivity index (χ3v) is 2.24. The molecule has 0 radical (unpaired) electrons. The Hall–Kier alpha value is -2.50. The fourth-order valence-electron chi connectivity index (χ4n) is 1.33. The van der Waals surface area contributed by atoms with E-state index in [0.717, 1.165) is 0 Å². The third-order valence-electron chi connectivity index (χ3n) is 2.24. The van der Waals surface area contributed by atoms with Gasteiger partial charge in [-0.1, -0.05) is 18.2 Å². The van der Waals surface area contributed by atoms with Gasteiger partial charge in [0.05, 0.1) is 9.85 Å². The number of allylic oxidation sites excluding steroid dienone is 2. The predicted octanol–water partition coefficient (Wildman–Crippen LogP) is 2.96. The van der Waals surface area contributed by atoms with Gasteiger partial charge in [0, 0.05) is 26.0 Å². The second-order valence-corrected chi connectivity index (χ2v) is 3.76. The zero-order chi connectivity index (χ0) is 13.7. The first-order valence-corrected chi connectivity index (χ1v) is 5.15. The van der Waals surface area contributed by atoms with Gasteiger partial charge in [-0.25, -0.2) is 0 Å². The Morgan fingerprint density at radius 1 is 1.00 bits per heavy atom. The van der Waals surface area contributed by atoms with Gasteiger partial charge in [-0.05, 0) is 17.2 Å². The molecule has 0 unspecified atom stereocenters. The Bertz CT molecular complexity index is 502. The van der Waals surface area contributed by atoms with Crippen molar-refractivity contribution < 1.29 is 9.85 Å². The molecule has 1 aromatic carbocycles. The van der Waals surface area contributed by atoms with E-state index in [-0.39, 0.29) is 11.4 Å². The van der Waals surface area contributed by atoms with E-state index >= 15 is 0 Å². The summed E-state index contributed by atoms with van der Waals surface area (Å²) in [6, 6.07) is 6.75. The van der Waals surface area contributed by atoms with E-state index in [1.807, 2.05) is 0 Å². The van der Waals surface area contributed by atoms with Gasteiger partial charge in [0.15, 0.2) is 0 Å². The quantitative estimate of drug-likeness (QED) is 0.605. The van der Waals surface area contributed by atoms with Crippen molar-refractivity contribution in [2.75, 3.05) is 0 Å². The van der Waals surface area contributed by atoms with Gasteiger partial charge in [-0.15, -0.1) is 0 Å². The minimum Gasteiger partial charge on any atom is -0.259 e. The van der Waals surface area contributed by atoms with Gasteiger partial charge in [0.1, 0.15) is 0 Å². The summed E-state index contributed by atoms with van der Waals surface area (Å²) < 4.78 is 0. The fraction of sp³-hybridized carbons (Fsp3) is 0.167. The molecule has 94 valence electrons. The lowest BCUT2D eigenvalue weighted by atomic mass is 10.1. The smallest absolute Gasteiger partial charge is 0.243 e. The first-order chi connectivity index (χ1) is 8.40. The minimum absolute atomic E-state index is 0.0159. The molecule has 0 aliphatic heterocycles. The number of hydrogen-bond acceptors (Lipinski definition) is 4. The van der Waals surface area contributed by atoms with Crippen LogP contribution in [0.1, 0.15) is 25.0 Å². The van der Waals surface area contributed by atoms with Gasteiger partial charge >= 0.3 is 0 Å². The Kier molecular flexibility index (Phi) is 4.31. The molecule has 0 aromatic heterocycles. The molecule has 1 rings (SSSR count). The van der Waals surface area contributed by atoms with Crippen molar-refractivity contribution in [2.45, 2.75) is 13.8 Å². The van der Waals surface area contributed by atoms with Crippen LogP contribution in [0, 0.1) is 20.2 Å². The average Bonchev–Trinajstić information content (AvgIpc) is 2.29. The van der Waals surface area contributed by atoms with Crippen molar-refractivity contribution in [2.24, 2.45) is 0 Å². The van der Waals surface area contributed by atoms with Crippen LogP contribution >= 0.6 is 0 Å². The average molecular weight is 248 g/mol. The molecule has 0 fully saturated rings. The first-order valence-electron chi connectivity index (χ1n) is 5.15. The summed E-state index contributed by atoms with van der Waals surface area (Å²) in [6.07, 6.45) is 2.83. The Labute approximate surface area is 104 Å². The predicted molar refractivity (Wildman–Crippen MR) is 67.7 cm³/mol. The molecule has 0 atom stereocenters. The number of nitro groups is 2. The second-order valence-electron chi connectivity index (χ2n) is 3.76. The molecule has 18 heavy (non-hydrogen) atoms. The van der Waals surface area contributed by atoms with Crippen LogP contribution in [0.4, 0.5) is 0 Å². The van der Waals surface area contributed by atoms with Gasteiger partial charge in [0.2, 0.25) is 11.4 Å². The van der Waals surface area contributed by atoms with E-state index in [2.05, 4.69) is 0 Å².